The Labute approximate surface area is 140 Å². The van der Waals surface area contributed by atoms with E-state index in [2.05, 4.69) is 53.6 Å². The summed E-state index contributed by atoms with van der Waals surface area (Å²) in [6, 6.07) is 11.0. The third-order valence-corrected chi connectivity index (χ3v) is 4.70. The smallest absolute Gasteiger partial charge is 0.314 e. The molecular weight excluding hydrogens is 286 g/mol. The van der Waals surface area contributed by atoms with Gasteiger partial charge in [0.1, 0.15) is 0 Å². The highest BCUT2D eigenvalue weighted by Crippen LogP contribution is 2.17. The van der Waals surface area contributed by atoms with E-state index in [0.29, 0.717) is 12.0 Å². The van der Waals surface area contributed by atoms with Crippen molar-refractivity contribution in [2.45, 2.75) is 45.6 Å². The molecule has 23 heavy (non-hydrogen) atoms. The molecule has 0 atom stereocenters. The predicted octanol–water partition coefficient (Wildman–Crippen LogP) is 3.04. The number of hydrogen-bond acceptors (Lipinski definition) is 2. The van der Waals surface area contributed by atoms with Crippen molar-refractivity contribution in [3.05, 3.63) is 35.9 Å². The van der Waals surface area contributed by atoms with Crippen molar-refractivity contribution in [2.24, 2.45) is 5.92 Å². The van der Waals surface area contributed by atoms with Crippen LogP contribution >= 0.6 is 0 Å². The van der Waals surface area contributed by atoms with Crippen molar-refractivity contribution in [3.63, 3.8) is 0 Å². The van der Waals surface area contributed by atoms with Gasteiger partial charge in [0.15, 0.2) is 0 Å². The molecule has 1 aliphatic heterocycles. The van der Waals surface area contributed by atoms with Crippen molar-refractivity contribution >= 4 is 6.03 Å². The molecule has 1 heterocycles. The first-order chi connectivity index (χ1) is 11.1. The van der Waals surface area contributed by atoms with E-state index < -0.39 is 0 Å². The SMILES string of the molecule is CC(C)N1CCC(CNC(=O)NCCCc2ccccc2)CC1. The number of rotatable bonds is 7. The molecule has 2 rings (SSSR count). The topological polar surface area (TPSA) is 44.4 Å². The molecule has 1 fully saturated rings. The molecule has 0 unspecified atom stereocenters. The first-order valence-electron chi connectivity index (χ1n) is 8.95. The van der Waals surface area contributed by atoms with E-state index in [9.17, 15) is 4.79 Å². The zero-order chi connectivity index (χ0) is 16.5. The number of aryl methyl sites for hydroxylation is 1. The number of carbonyl (C=O) groups excluding carboxylic acids is 1. The Balaban J connectivity index is 1.52. The lowest BCUT2D eigenvalue weighted by atomic mass is 9.96. The number of nitrogens with zero attached hydrogens (tertiary/aromatic N) is 1. The summed E-state index contributed by atoms with van der Waals surface area (Å²) in [5, 5.41) is 5.99. The molecule has 1 aliphatic rings. The minimum atomic E-state index is -0.0237. The summed E-state index contributed by atoms with van der Waals surface area (Å²) in [6.45, 7) is 8.34. The van der Waals surface area contributed by atoms with Gasteiger partial charge in [0, 0.05) is 19.1 Å². The lowest BCUT2D eigenvalue weighted by Crippen LogP contribution is -2.43. The van der Waals surface area contributed by atoms with Crippen molar-refractivity contribution in [2.75, 3.05) is 26.2 Å². The molecule has 0 radical (unpaired) electrons. The van der Waals surface area contributed by atoms with Gasteiger partial charge in [-0.2, -0.15) is 0 Å². The number of piperidine rings is 1. The van der Waals surface area contributed by atoms with Crippen LogP contribution in [-0.2, 0) is 6.42 Å². The van der Waals surface area contributed by atoms with Gasteiger partial charge in [-0.3, -0.25) is 0 Å². The second-order valence-electron chi connectivity index (χ2n) is 6.80. The quantitative estimate of drug-likeness (QED) is 0.759. The molecule has 0 spiro atoms. The number of hydrogen-bond donors (Lipinski definition) is 2. The average Bonchev–Trinajstić information content (AvgIpc) is 2.58. The molecule has 1 saturated heterocycles. The Bertz CT molecular complexity index is 453. The standard InChI is InChI=1S/C19H31N3O/c1-16(2)22-13-10-18(11-14-22)15-21-19(23)20-12-6-9-17-7-4-3-5-8-17/h3-5,7-8,16,18H,6,9-15H2,1-2H3,(H2,20,21,23). The van der Waals surface area contributed by atoms with Crippen LogP contribution in [0.4, 0.5) is 4.79 Å². The number of likely N-dealkylation sites (tertiary alicyclic amines) is 1. The molecule has 2 N–H and O–H groups in total. The van der Waals surface area contributed by atoms with Crippen LogP contribution in [0.1, 0.15) is 38.7 Å². The molecule has 0 aromatic heterocycles. The zero-order valence-corrected chi connectivity index (χ0v) is 14.6. The van der Waals surface area contributed by atoms with E-state index in [-0.39, 0.29) is 6.03 Å². The normalized spacial score (nSPS) is 16.5. The van der Waals surface area contributed by atoms with Gasteiger partial charge in [0.25, 0.3) is 0 Å². The first-order valence-corrected chi connectivity index (χ1v) is 8.95. The van der Waals surface area contributed by atoms with Gasteiger partial charge < -0.3 is 15.5 Å². The molecule has 4 nitrogen and oxygen atoms in total. The fourth-order valence-corrected chi connectivity index (χ4v) is 3.11. The van der Waals surface area contributed by atoms with Crippen molar-refractivity contribution in [3.8, 4) is 0 Å². The highest BCUT2D eigenvalue weighted by molar-refractivity contribution is 5.73. The maximum atomic E-state index is 11.8. The fourth-order valence-electron chi connectivity index (χ4n) is 3.11. The zero-order valence-electron chi connectivity index (χ0n) is 14.6. The van der Waals surface area contributed by atoms with Crippen LogP contribution in [0.5, 0.6) is 0 Å². The summed E-state index contributed by atoms with van der Waals surface area (Å²) >= 11 is 0. The van der Waals surface area contributed by atoms with Crippen molar-refractivity contribution in [1.82, 2.24) is 15.5 Å². The highest BCUT2D eigenvalue weighted by atomic mass is 16.2. The lowest BCUT2D eigenvalue weighted by Gasteiger charge is -2.34. The average molecular weight is 317 g/mol. The fraction of sp³-hybridized carbons (Fsp3) is 0.632. The molecule has 1 aromatic rings. The maximum absolute atomic E-state index is 11.8. The monoisotopic (exact) mass is 317 g/mol. The van der Waals surface area contributed by atoms with Crippen LogP contribution in [0, 0.1) is 5.92 Å². The Morgan fingerprint density at radius 3 is 2.52 bits per heavy atom. The van der Waals surface area contributed by atoms with E-state index in [0.717, 1.165) is 39.0 Å². The minimum absolute atomic E-state index is 0.0237. The van der Waals surface area contributed by atoms with Gasteiger partial charge in [-0.25, -0.2) is 4.79 Å². The van der Waals surface area contributed by atoms with Gasteiger partial charge in [0.2, 0.25) is 0 Å². The van der Waals surface area contributed by atoms with Crippen LogP contribution in [0.3, 0.4) is 0 Å². The minimum Gasteiger partial charge on any atom is -0.338 e. The number of amides is 2. The Morgan fingerprint density at radius 2 is 1.87 bits per heavy atom. The van der Waals surface area contributed by atoms with Gasteiger partial charge in [-0.05, 0) is 64.1 Å². The molecular formula is C19H31N3O. The van der Waals surface area contributed by atoms with Crippen LogP contribution in [0.15, 0.2) is 30.3 Å². The summed E-state index contributed by atoms with van der Waals surface area (Å²) in [7, 11) is 0. The van der Waals surface area contributed by atoms with Gasteiger partial charge in [-0.1, -0.05) is 30.3 Å². The lowest BCUT2D eigenvalue weighted by molar-refractivity contribution is 0.148. The summed E-state index contributed by atoms with van der Waals surface area (Å²) < 4.78 is 0. The molecule has 0 saturated carbocycles. The third kappa shape index (κ3) is 6.61. The largest absolute Gasteiger partial charge is 0.338 e. The van der Waals surface area contributed by atoms with E-state index in [1.807, 2.05) is 6.07 Å². The number of nitrogens with one attached hydrogen (secondary N) is 2. The van der Waals surface area contributed by atoms with E-state index >= 15 is 0 Å². The summed E-state index contributed by atoms with van der Waals surface area (Å²) in [4.78, 5) is 14.4. The van der Waals surface area contributed by atoms with Crippen LogP contribution in [-0.4, -0.2) is 43.2 Å². The van der Waals surface area contributed by atoms with Crippen molar-refractivity contribution in [1.29, 1.82) is 0 Å². The third-order valence-electron chi connectivity index (χ3n) is 4.70. The summed E-state index contributed by atoms with van der Waals surface area (Å²) in [5.41, 5.74) is 1.33. The summed E-state index contributed by atoms with van der Waals surface area (Å²) in [6.07, 6.45) is 4.36. The first kappa shape index (κ1) is 17.8. The van der Waals surface area contributed by atoms with E-state index in [1.54, 1.807) is 0 Å². The predicted molar refractivity (Wildman–Crippen MR) is 95.6 cm³/mol. The number of benzene rings is 1. The Hall–Kier alpha value is -1.55. The van der Waals surface area contributed by atoms with Crippen LogP contribution in [0.25, 0.3) is 0 Å². The second-order valence-corrected chi connectivity index (χ2v) is 6.80. The van der Waals surface area contributed by atoms with Gasteiger partial charge >= 0.3 is 6.03 Å². The maximum Gasteiger partial charge on any atom is 0.314 e. The Kier molecular flexibility index (Phi) is 7.40. The molecule has 0 bridgehead atoms. The Morgan fingerprint density at radius 1 is 1.17 bits per heavy atom. The van der Waals surface area contributed by atoms with Crippen LogP contribution < -0.4 is 10.6 Å². The van der Waals surface area contributed by atoms with Gasteiger partial charge in [-0.15, -0.1) is 0 Å². The number of carbonyl (C=O) groups is 1. The molecule has 2 amide bonds. The molecule has 0 aliphatic carbocycles. The van der Waals surface area contributed by atoms with E-state index in [4.69, 9.17) is 0 Å². The number of urea groups is 1. The molecule has 1 aromatic carbocycles. The summed E-state index contributed by atoms with van der Waals surface area (Å²) in [5.74, 6) is 0.625. The van der Waals surface area contributed by atoms with Crippen LogP contribution in [0.2, 0.25) is 0 Å². The highest BCUT2D eigenvalue weighted by Gasteiger charge is 2.20. The molecule has 128 valence electrons. The van der Waals surface area contributed by atoms with Crippen molar-refractivity contribution < 1.29 is 4.79 Å². The van der Waals surface area contributed by atoms with Gasteiger partial charge in [0.05, 0.1) is 0 Å². The van der Waals surface area contributed by atoms with E-state index in [1.165, 1.54) is 18.4 Å². The molecule has 4 heteroatoms. The second kappa shape index (κ2) is 9.56.